The third-order valence-corrected chi connectivity index (χ3v) is 6.16. The van der Waals surface area contributed by atoms with Gasteiger partial charge in [-0.3, -0.25) is 0 Å². The first kappa shape index (κ1) is 17.2. The van der Waals surface area contributed by atoms with Gasteiger partial charge in [0.05, 0.1) is 11.0 Å². The molecule has 0 fully saturated rings. The lowest BCUT2D eigenvalue weighted by atomic mass is 9.96. The molecule has 0 bridgehead atoms. The first-order valence-electron chi connectivity index (χ1n) is 9.54. The molecule has 0 spiro atoms. The first-order chi connectivity index (χ1) is 13.7. The Balaban J connectivity index is 2.03. The SMILES string of the molecule is Cc1cccc(-c2c(C)ccc3c4ccccc4n(-c4ccccc4)c23)c1S. The fourth-order valence-electron chi connectivity index (χ4n) is 4.20. The lowest BCUT2D eigenvalue weighted by molar-refractivity contribution is 1.17. The summed E-state index contributed by atoms with van der Waals surface area (Å²) in [5.74, 6) is 0. The van der Waals surface area contributed by atoms with Gasteiger partial charge in [-0.15, -0.1) is 12.6 Å². The van der Waals surface area contributed by atoms with Crippen LogP contribution in [0.3, 0.4) is 0 Å². The summed E-state index contributed by atoms with van der Waals surface area (Å²) in [6.45, 7) is 4.31. The van der Waals surface area contributed by atoms with Crippen molar-refractivity contribution in [2.75, 3.05) is 0 Å². The number of rotatable bonds is 2. The van der Waals surface area contributed by atoms with E-state index in [1.807, 2.05) is 0 Å². The predicted octanol–water partition coefficient (Wildman–Crippen LogP) is 7.36. The number of benzene rings is 4. The van der Waals surface area contributed by atoms with E-state index in [1.165, 1.54) is 49.7 Å². The van der Waals surface area contributed by atoms with E-state index >= 15 is 0 Å². The molecule has 0 saturated heterocycles. The molecule has 0 radical (unpaired) electrons. The molecule has 4 aromatic carbocycles. The number of aromatic nitrogens is 1. The number of para-hydroxylation sites is 2. The first-order valence-corrected chi connectivity index (χ1v) is 9.98. The van der Waals surface area contributed by atoms with Crippen LogP contribution in [0.1, 0.15) is 11.1 Å². The maximum atomic E-state index is 4.87. The highest BCUT2D eigenvalue weighted by molar-refractivity contribution is 7.80. The zero-order valence-electron chi connectivity index (χ0n) is 16.0. The summed E-state index contributed by atoms with van der Waals surface area (Å²) in [6, 6.07) is 30.2. The molecule has 28 heavy (non-hydrogen) atoms. The number of nitrogens with zero attached hydrogens (tertiary/aromatic N) is 1. The number of hydrogen-bond acceptors (Lipinski definition) is 1. The second kappa shape index (κ2) is 6.57. The van der Waals surface area contributed by atoms with Gasteiger partial charge in [0, 0.05) is 26.9 Å². The fourth-order valence-corrected chi connectivity index (χ4v) is 4.47. The highest BCUT2D eigenvalue weighted by atomic mass is 32.1. The monoisotopic (exact) mass is 379 g/mol. The van der Waals surface area contributed by atoms with Gasteiger partial charge in [0.15, 0.2) is 0 Å². The zero-order chi connectivity index (χ0) is 19.3. The van der Waals surface area contributed by atoms with Crippen molar-refractivity contribution in [2.24, 2.45) is 0 Å². The number of aryl methyl sites for hydroxylation is 2. The van der Waals surface area contributed by atoms with Crippen molar-refractivity contribution in [2.45, 2.75) is 18.7 Å². The molecule has 1 heterocycles. The Morgan fingerprint density at radius 1 is 0.643 bits per heavy atom. The van der Waals surface area contributed by atoms with Crippen molar-refractivity contribution in [1.82, 2.24) is 4.57 Å². The van der Waals surface area contributed by atoms with Gasteiger partial charge in [0.25, 0.3) is 0 Å². The summed E-state index contributed by atoms with van der Waals surface area (Å²) >= 11 is 4.87. The second-order valence-corrected chi connectivity index (χ2v) is 7.76. The Kier molecular flexibility index (Phi) is 4.03. The summed E-state index contributed by atoms with van der Waals surface area (Å²) in [6.07, 6.45) is 0. The molecular weight excluding hydrogens is 358 g/mol. The van der Waals surface area contributed by atoms with E-state index in [0.717, 1.165) is 4.90 Å². The van der Waals surface area contributed by atoms with Crippen molar-refractivity contribution >= 4 is 34.4 Å². The summed E-state index contributed by atoms with van der Waals surface area (Å²) < 4.78 is 2.39. The van der Waals surface area contributed by atoms with Crippen LogP contribution in [-0.4, -0.2) is 4.57 Å². The molecule has 1 nitrogen and oxygen atoms in total. The molecular formula is C26H21NS. The van der Waals surface area contributed by atoms with Crippen LogP contribution in [0.5, 0.6) is 0 Å². The van der Waals surface area contributed by atoms with Crippen molar-refractivity contribution in [3.05, 3.63) is 96.1 Å². The Labute approximate surface area is 170 Å². The molecule has 1 aromatic heterocycles. The molecule has 5 aromatic rings. The molecule has 0 amide bonds. The normalized spacial score (nSPS) is 11.4. The molecule has 0 N–H and O–H groups in total. The quantitative estimate of drug-likeness (QED) is 0.306. The molecule has 0 atom stereocenters. The molecule has 2 heteroatoms. The molecule has 0 aliphatic heterocycles. The highest BCUT2D eigenvalue weighted by Crippen LogP contribution is 2.41. The van der Waals surface area contributed by atoms with E-state index in [1.54, 1.807) is 0 Å². The van der Waals surface area contributed by atoms with Gasteiger partial charge in [-0.1, -0.05) is 66.7 Å². The van der Waals surface area contributed by atoms with Crippen molar-refractivity contribution in [3.63, 3.8) is 0 Å². The van der Waals surface area contributed by atoms with Crippen LogP contribution in [0.4, 0.5) is 0 Å². The van der Waals surface area contributed by atoms with Crippen LogP contribution in [0, 0.1) is 13.8 Å². The van der Waals surface area contributed by atoms with Crippen LogP contribution in [-0.2, 0) is 0 Å². The smallest absolute Gasteiger partial charge is 0.0622 e. The van der Waals surface area contributed by atoms with E-state index in [4.69, 9.17) is 12.6 Å². The minimum atomic E-state index is 1.04. The Morgan fingerprint density at radius 3 is 2.21 bits per heavy atom. The summed E-state index contributed by atoms with van der Waals surface area (Å²) in [5, 5.41) is 2.55. The number of thiol groups is 1. The minimum absolute atomic E-state index is 1.04. The van der Waals surface area contributed by atoms with E-state index in [9.17, 15) is 0 Å². The van der Waals surface area contributed by atoms with Crippen LogP contribution in [0.2, 0.25) is 0 Å². The molecule has 136 valence electrons. The Morgan fingerprint density at radius 2 is 1.39 bits per heavy atom. The van der Waals surface area contributed by atoms with Gasteiger partial charge in [0.2, 0.25) is 0 Å². The highest BCUT2D eigenvalue weighted by Gasteiger charge is 2.19. The molecule has 0 aliphatic rings. The molecule has 0 aliphatic carbocycles. The van der Waals surface area contributed by atoms with E-state index < -0.39 is 0 Å². The molecule has 5 rings (SSSR count). The van der Waals surface area contributed by atoms with Gasteiger partial charge >= 0.3 is 0 Å². The zero-order valence-corrected chi connectivity index (χ0v) is 16.9. The topological polar surface area (TPSA) is 4.93 Å². The summed E-state index contributed by atoms with van der Waals surface area (Å²) in [5.41, 5.74) is 8.54. The van der Waals surface area contributed by atoms with Crippen molar-refractivity contribution in [3.8, 4) is 16.8 Å². The number of fused-ring (bicyclic) bond motifs is 3. The van der Waals surface area contributed by atoms with Crippen LogP contribution in [0.25, 0.3) is 38.6 Å². The van der Waals surface area contributed by atoms with Gasteiger partial charge in [-0.2, -0.15) is 0 Å². The fraction of sp³-hybridized carbons (Fsp3) is 0.0769. The van der Waals surface area contributed by atoms with Crippen LogP contribution >= 0.6 is 12.6 Å². The maximum Gasteiger partial charge on any atom is 0.0622 e. The minimum Gasteiger partial charge on any atom is -0.309 e. The van der Waals surface area contributed by atoms with Crippen molar-refractivity contribution in [1.29, 1.82) is 0 Å². The van der Waals surface area contributed by atoms with Crippen LogP contribution in [0.15, 0.2) is 89.8 Å². The third kappa shape index (κ3) is 2.49. The lowest BCUT2D eigenvalue weighted by Gasteiger charge is -2.16. The summed E-state index contributed by atoms with van der Waals surface area (Å²) in [4.78, 5) is 1.04. The van der Waals surface area contributed by atoms with Gasteiger partial charge < -0.3 is 4.57 Å². The largest absolute Gasteiger partial charge is 0.309 e. The average molecular weight is 380 g/mol. The average Bonchev–Trinajstić information content (AvgIpc) is 3.05. The van der Waals surface area contributed by atoms with Crippen LogP contribution < -0.4 is 0 Å². The van der Waals surface area contributed by atoms with E-state index in [0.29, 0.717) is 0 Å². The van der Waals surface area contributed by atoms with Crippen molar-refractivity contribution < 1.29 is 0 Å². The van der Waals surface area contributed by atoms with E-state index in [-0.39, 0.29) is 0 Å². The predicted molar refractivity (Wildman–Crippen MR) is 123 cm³/mol. The van der Waals surface area contributed by atoms with Gasteiger partial charge in [-0.25, -0.2) is 0 Å². The van der Waals surface area contributed by atoms with Gasteiger partial charge in [-0.05, 0) is 48.7 Å². The second-order valence-electron chi connectivity index (χ2n) is 7.31. The van der Waals surface area contributed by atoms with E-state index in [2.05, 4.69) is 103 Å². The lowest BCUT2D eigenvalue weighted by Crippen LogP contribution is -1.97. The standard InChI is InChI=1S/C26H21NS/c1-17-15-16-21-20-12-6-7-14-23(20)27(19-10-4-3-5-11-19)25(21)24(17)22-13-8-9-18(2)26(22)28/h3-16,28H,1-2H3. The Bertz CT molecular complexity index is 1330. The molecule has 0 unspecified atom stereocenters. The Hall–Kier alpha value is -2.97. The van der Waals surface area contributed by atoms with Gasteiger partial charge in [0.1, 0.15) is 0 Å². The number of hydrogen-bond donors (Lipinski definition) is 1. The third-order valence-electron chi connectivity index (χ3n) is 5.57. The summed E-state index contributed by atoms with van der Waals surface area (Å²) in [7, 11) is 0. The maximum absolute atomic E-state index is 4.87. The molecule has 0 saturated carbocycles.